The first-order valence-electron chi connectivity index (χ1n) is 9.95. The second-order valence-corrected chi connectivity index (χ2v) is 15.4. The van der Waals surface area contributed by atoms with Crippen molar-refractivity contribution in [2.24, 2.45) is 13.0 Å². The maximum Gasteiger partial charge on any atom is 0.212 e. The van der Waals surface area contributed by atoms with Crippen LogP contribution in [0.2, 0.25) is 19.6 Å². The van der Waals surface area contributed by atoms with Crippen LogP contribution in [0.1, 0.15) is 51.3 Å². The van der Waals surface area contributed by atoms with Gasteiger partial charge < -0.3 is 0 Å². The highest BCUT2D eigenvalue weighted by Gasteiger charge is 2.31. The van der Waals surface area contributed by atoms with E-state index in [2.05, 4.69) is 103 Å². The number of nitrogens with zero attached hydrogens (tertiary/aromatic N) is 1. The standard InChI is InChI=1S/C24H38NSi/c1-17(2)13-19-11-12-20(18(3)14-19)22-15-23(26(8,9)10)21(16-25(22)7)24(4,5)6/h11-12,14-17H,13H2,1-10H3/q+1. The summed E-state index contributed by atoms with van der Waals surface area (Å²) in [6, 6.07) is 9.50. The molecule has 0 saturated heterocycles. The molecule has 0 atom stereocenters. The summed E-state index contributed by atoms with van der Waals surface area (Å²) in [6.45, 7) is 21.2. The van der Waals surface area contributed by atoms with Gasteiger partial charge in [0.2, 0.25) is 5.69 Å². The number of hydrogen-bond acceptors (Lipinski definition) is 0. The summed E-state index contributed by atoms with van der Waals surface area (Å²) in [7, 11) is 0.756. The van der Waals surface area contributed by atoms with Gasteiger partial charge in [0.25, 0.3) is 0 Å². The fourth-order valence-electron chi connectivity index (χ4n) is 3.75. The Morgan fingerprint density at radius 1 is 1.04 bits per heavy atom. The molecular weight excluding hydrogens is 330 g/mol. The van der Waals surface area contributed by atoms with E-state index in [-0.39, 0.29) is 5.41 Å². The van der Waals surface area contributed by atoms with Crippen molar-refractivity contribution in [1.82, 2.24) is 0 Å². The normalized spacial score (nSPS) is 12.7. The van der Waals surface area contributed by atoms with Crippen LogP contribution in [0.15, 0.2) is 30.5 Å². The lowest BCUT2D eigenvalue weighted by atomic mass is 9.87. The monoisotopic (exact) mass is 368 g/mol. The number of aromatic nitrogens is 1. The van der Waals surface area contributed by atoms with E-state index in [0.29, 0.717) is 5.92 Å². The molecule has 142 valence electrons. The largest absolute Gasteiger partial charge is 0.212 e. The molecule has 0 fully saturated rings. The molecule has 1 aromatic heterocycles. The Morgan fingerprint density at radius 2 is 1.65 bits per heavy atom. The fourth-order valence-corrected chi connectivity index (χ4v) is 5.56. The topological polar surface area (TPSA) is 3.88 Å². The number of aryl methyl sites for hydroxylation is 2. The van der Waals surface area contributed by atoms with E-state index >= 15 is 0 Å². The highest BCUT2D eigenvalue weighted by molar-refractivity contribution is 6.89. The minimum Gasteiger partial charge on any atom is -0.201 e. The van der Waals surface area contributed by atoms with E-state index in [1.165, 1.54) is 27.9 Å². The van der Waals surface area contributed by atoms with Gasteiger partial charge in [0.15, 0.2) is 6.20 Å². The van der Waals surface area contributed by atoms with E-state index in [1.807, 2.05) is 0 Å². The molecule has 0 aliphatic carbocycles. The lowest BCUT2D eigenvalue weighted by Crippen LogP contribution is -2.47. The maximum atomic E-state index is 2.48. The summed E-state index contributed by atoms with van der Waals surface area (Å²) in [5, 5.41) is 1.59. The van der Waals surface area contributed by atoms with Crippen molar-refractivity contribution >= 4 is 13.3 Å². The van der Waals surface area contributed by atoms with Crippen LogP contribution in [0.5, 0.6) is 0 Å². The van der Waals surface area contributed by atoms with Crippen LogP contribution in [0.3, 0.4) is 0 Å². The van der Waals surface area contributed by atoms with Gasteiger partial charge in [-0.2, -0.15) is 0 Å². The van der Waals surface area contributed by atoms with Gasteiger partial charge in [0.1, 0.15) is 7.05 Å². The number of hydrogen-bond donors (Lipinski definition) is 0. The molecule has 0 bridgehead atoms. The van der Waals surface area contributed by atoms with E-state index in [4.69, 9.17) is 0 Å². The Kier molecular flexibility index (Phi) is 5.87. The lowest BCUT2D eigenvalue weighted by Gasteiger charge is -2.28. The molecule has 0 amide bonds. The Labute approximate surface area is 162 Å². The first-order valence-corrected chi connectivity index (χ1v) is 13.4. The third-order valence-electron chi connectivity index (χ3n) is 5.10. The smallest absolute Gasteiger partial charge is 0.201 e. The van der Waals surface area contributed by atoms with Gasteiger partial charge >= 0.3 is 0 Å². The Balaban J connectivity index is 2.64. The number of benzene rings is 1. The SMILES string of the molecule is Cc1cc(CC(C)C)ccc1-c1cc([Si](C)(C)C)c(C(C)(C)C)c[n+]1C. The van der Waals surface area contributed by atoms with Gasteiger partial charge in [-0.15, -0.1) is 0 Å². The summed E-state index contributed by atoms with van der Waals surface area (Å²) in [5.41, 5.74) is 7.19. The van der Waals surface area contributed by atoms with Gasteiger partial charge in [-0.3, -0.25) is 0 Å². The van der Waals surface area contributed by atoms with E-state index in [9.17, 15) is 0 Å². The quantitative estimate of drug-likeness (QED) is 0.493. The Bertz CT molecular complexity index is 789. The molecule has 0 aliphatic rings. The van der Waals surface area contributed by atoms with Crippen LogP contribution < -0.4 is 9.75 Å². The van der Waals surface area contributed by atoms with E-state index in [0.717, 1.165) is 6.42 Å². The minimum absolute atomic E-state index is 0.169. The molecule has 0 spiro atoms. The molecule has 1 aromatic carbocycles. The van der Waals surface area contributed by atoms with Gasteiger partial charge in [-0.25, -0.2) is 4.57 Å². The molecule has 2 rings (SSSR count). The molecular formula is C24H38NSi+. The molecule has 1 heterocycles. The van der Waals surface area contributed by atoms with E-state index in [1.54, 1.807) is 5.19 Å². The zero-order chi connectivity index (χ0) is 19.9. The Hall–Kier alpha value is -1.41. The van der Waals surface area contributed by atoms with Gasteiger partial charge in [-0.05, 0) is 47.1 Å². The highest BCUT2D eigenvalue weighted by atomic mass is 28.3. The van der Waals surface area contributed by atoms with Crippen LogP contribution in [-0.2, 0) is 18.9 Å². The van der Waals surface area contributed by atoms with Crippen molar-refractivity contribution in [3.05, 3.63) is 47.2 Å². The fraction of sp³-hybridized carbons (Fsp3) is 0.542. The molecule has 0 unspecified atom stereocenters. The molecule has 2 aromatic rings. The van der Waals surface area contributed by atoms with Crippen molar-refractivity contribution in [3.63, 3.8) is 0 Å². The Morgan fingerprint density at radius 3 is 2.12 bits per heavy atom. The summed E-state index contributed by atoms with van der Waals surface area (Å²) in [4.78, 5) is 0. The van der Waals surface area contributed by atoms with Crippen LogP contribution in [0.4, 0.5) is 0 Å². The molecule has 1 nitrogen and oxygen atoms in total. The number of rotatable bonds is 4. The predicted octanol–water partition coefficient (Wildman–Crippen LogP) is 5.53. The zero-order valence-corrected chi connectivity index (χ0v) is 19.6. The summed E-state index contributed by atoms with van der Waals surface area (Å²) in [6.07, 6.45) is 3.53. The van der Waals surface area contributed by atoms with Crippen molar-refractivity contribution in [2.75, 3.05) is 0 Å². The summed E-state index contributed by atoms with van der Waals surface area (Å²) in [5.74, 6) is 0.695. The first-order chi connectivity index (χ1) is 11.8. The second kappa shape index (κ2) is 7.30. The van der Waals surface area contributed by atoms with Gasteiger partial charge in [0, 0.05) is 17.2 Å². The van der Waals surface area contributed by atoms with Crippen molar-refractivity contribution in [1.29, 1.82) is 0 Å². The number of pyridine rings is 1. The van der Waals surface area contributed by atoms with Crippen LogP contribution in [-0.4, -0.2) is 8.07 Å². The second-order valence-electron chi connectivity index (χ2n) is 10.3. The summed E-state index contributed by atoms with van der Waals surface area (Å²) >= 11 is 0. The lowest BCUT2D eigenvalue weighted by molar-refractivity contribution is -0.660. The maximum absolute atomic E-state index is 2.48. The average Bonchev–Trinajstić information content (AvgIpc) is 2.45. The van der Waals surface area contributed by atoms with Crippen molar-refractivity contribution < 1.29 is 4.57 Å². The highest BCUT2D eigenvalue weighted by Crippen LogP contribution is 2.27. The van der Waals surface area contributed by atoms with Crippen LogP contribution >= 0.6 is 0 Å². The molecule has 0 radical (unpaired) electrons. The molecule has 0 aliphatic heterocycles. The molecule has 2 heteroatoms. The van der Waals surface area contributed by atoms with Crippen molar-refractivity contribution in [2.45, 2.75) is 73.0 Å². The van der Waals surface area contributed by atoms with E-state index < -0.39 is 8.07 Å². The summed E-state index contributed by atoms with van der Waals surface area (Å²) < 4.78 is 2.33. The average molecular weight is 369 g/mol. The van der Waals surface area contributed by atoms with Crippen LogP contribution in [0.25, 0.3) is 11.3 Å². The van der Waals surface area contributed by atoms with Gasteiger partial charge in [-0.1, -0.05) is 66.4 Å². The van der Waals surface area contributed by atoms with Gasteiger partial charge in [0.05, 0.1) is 8.07 Å². The third-order valence-corrected chi connectivity index (χ3v) is 7.13. The third kappa shape index (κ3) is 4.65. The molecule has 26 heavy (non-hydrogen) atoms. The van der Waals surface area contributed by atoms with Crippen molar-refractivity contribution in [3.8, 4) is 11.3 Å². The van der Waals surface area contributed by atoms with Crippen LogP contribution in [0, 0.1) is 12.8 Å². The predicted molar refractivity (Wildman–Crippen MR) is 118 cm³/mol. The molecule has 0 saturated carbocycles. The zero-order valence-electron chi connectivity index (χ0n) is 18.6. The minimum atomic E-state index is -1.44. The molecule has 0 N–H and O–H groups in total. The first kappa shape index (κ1) is 20.9.